The van der Waals surface area contributed by atoms with E-state index in [2.05, 4.69) is 156 Å². The van der Waals surface area contributed by atoms with Crippen molar-refractivity contribution in [1.82, 2.24) is 4.57 Å². The molecule has 0 N–H and O–H groups in total. The van der Waals surface area contributed by atoms with Crippen molar-refractivity contribution >= 4 is 43.4 Å². The van der Waals surface area contributed by atoms with Gasteiger partial charge >= 0.3 is 0 Å². The zero-order valence-electron chi connectivity index (χ0n) is 21.4. The molecular formula is C38H25N. The zero-order chi connectivity index (χ0) is 25.8. The van der Waals surface area contributed by atoms with E-state index >= 15 is 0 Å². The van der Waals surface area contributed by atoms with Crippen molar-refractivity contribution < 1.29 is 0 Å². The Kier molecular flexibility index (Phi) is 4.89. The van der Waals surface area contributed by atoms with E-state index in [4.69, 9.17) is 0 Å². The minimum absolute atomic E-state index is 1.17. The van der Waals surface area contributed by atoms with Crippen LogP contribution in [0.1, 0.15) is 0 Å². The summed E-state index contributed by atoms with van der Waals surface area (Å²) < 4.78 is 2.47. The molecule has 0 aliphatic carbocycles. The van der Waals surface area contributed by atoms with Gasteiger partial charge in [0.25, 0.3) is 0 Å². The largest absolute Gasteiger partial charge is 0.309 e. The Morgan fingerprint density at radius 2 is 1.00 bits per heavy atom. The molecule has 8 rings (SSSR count). The monoisotopic (exact) mass is 495 g/mol. The summed E-state index contributed by atoms with van der Waals surface area (Å²) >= 11 is 0. The average Bonchev–Trinajstić information content (AvgIpc) is 3.37. The summed E-state index contributed by atoms with van der Waals surface area (Å²) in [6.45, 7) is 0. The molecule has 7 aromatic carbocycles. The topological polar surface area (TPSA) is 4.93 Å². The first kappa shape index (κ1) is 21.9. The van der Waals surface area contributed by atoms with Crippen LogP contribution in [-0.2, 0) is 0 Å². The second kappa shape index (κ2) is 8.72. The van der Waals surface area contributed by atoms with Gasteiger partial charge in [-0.2, -0.15) is 0 Å². The second-order valence-electron chi connectivity index (χ2n) is 10.2. The Labute approximate surface area is 227 Å². The lowest BCUT2D eigenvalue weighted by molar-refractivity contribution is 1.19. The van der Waals surface area contributed by atoms with E-state index in [0.717, 1.165) is 0 Å². The molecule has 1 heterocycles. The third-order valence-electron chi connectivity index (χ3n) is 7.97. The second-order valence-corrected chi connectivity index (χ2v) is 10.2. The Balaban J connectivity index is 1.46. The van der Waals surface area contributed by atoms with Crippen molar-refractivity contribution in [2.75, 3.05) is 0 Å². The molecule has 0 radical (unpaired) electrons. The van der Waals surface area contributed by atoms with Crippen molar-refractivity contribution in [1.29, 1.82) is 0 Å². The fourth-order valence-electron chi connectivity index (χ4n) is 6.23. The van der Waals surface area contributed by atoms with E-state index in [9.17, 15) is 0 Å². The summed E-state index contributed by atoms with van der Waals surface area (Å²) in [4.78, 5) is 0. The minimum atomic E-state index is 1.17. The van der Waals surface area contributed by atoms with E-state index in [1.807, 2.05) is 0 Å². The molecule has 0 saturated heterocycles. The molecular weight excluding hydrogens is 470 g/mol. The van der Waals surface area contributed by atoms with Gasteiger partial charge in [-0.05, 0) is 56.6 Å². The molecule has 0 aliphatic heterocycles. The number of hydrogen-bond donors (Lipinski definition) is 0. The maximum Gasteiger partial charge on any atom is 0.0619 e. The van der Waals surface area contributed by atoms with Gasteiger partial charge in [-0.3, -0.25) is 0 Å². The summed E-state index contributed by atoms with van der Waals surface area (Å²) in [5.41, 5.74) is 8.58. The molecule has 0 aliphatic rings. The third-order valence-corrected chi connectivity index (χ3v) is 7.97. The number of fused-ring (bicyclic) bond motifs is 7. The van der Waals surface area contributed by atoms with Crippen LogP contribution in [0.2, 0.25) is 0 Å². The highest BCUT2D eigenvalue weighted by Crippen LogP contribution is 2.41. The van der Waals surface area contributed by atoms with E-state index in [0.29, 0.717) is 0 Å². The normalized spacial score (nSPS) is 11.6. The zero-order valence-corrected chi connectivity index (χ0v) is 21.4. The summed E-state index contributed by atoms with van der Waals surface area (Å²) in [6, 6.07) is 54.9. The van der Waals surface area contributed by atoms with Crippen molar-refractivity contribution in [3.63, 3.8) is 0 Å². The van der Waals surface area contributed by atoms with Gasteiger partial charge in [0.05, 0.1) is 11.0 Å². The third kappa shape index (κ3) is 3.41. The molecule has 39 heavy (non-hydrogen) atoms. The predicted octanol–water partition coefficient (Wildman–Crippen LogP) is 10.4. The van der Waals surface area contributed by atoms with Crippen LogP contribution in [-0.4, -0.2) is 4.57 Å². The Bertz CT molecular complexity index is 2170. The first-order valence-electron chi connectivity index (χ1n) is 13.5. The van der Waals surface area contributed by atoms with Crippen LogP contribution in [0.3, 0.4) is 0 Å². The van der Waals surface area contributed by atoms with Crippen LogP contribution in [0.4, 0.5) is 0 Å². The van der Waals surface area contributed by atoms with Crippen molar-refractivity contribution in [2.45, 2.75) is 0 Å². The maximum absolute atomic E-state index is 2.47. The molecule has 0 bridgehead atoms. The van der Waals surface area contributed by atoms with Crippen LogP contribution in [0.25, 0.3) is 71.3 Å². The molecule has 1 heteroatoms. The van der Waals surface area contributed by atoms with Crippen molar-refractivity contribution in [2.24, 2.45) is 0 Å². The van der Waals surface area contributed by atoms with E-state index in [1.165, 1.54) is 71.3 Å². The number of nitrogens with zero attached hydrogens (tertiary/aromatic N) is 1. The molecule has 182 valence electrons. The number of hydrogen-bond acceptors (Lipinski definition) is 0. The minimum Gasteiger partial charge on any atom is -0.309 e. The molecule has 0 amide bonds. The van der Waals surface area contributed by atoms with Gasteiger partial charge < -0.3 is 4.57 Å². The van der Waals surface area contributed by atoms with Crippen LogP contribution in [0.15, 0.2) is 152 Å². The molecule has 0 fully saturated rings. The summed E-state index contributed by atoms with van der Waals surface area (Å²) in [5.74, 6) is 0. The van der Waals surface area contributed by atoms with Gasteiger partial charge in [0.2, 0.25) is 0 Å². The fourth-order valence-corrected chi connectivity index (χ4v) is 6.23. The SMILES string of the molecule is c1ccc(-c2ccccc2-c2cccc(-n3c4ccc5ccccc5c4c4ccc5ccccc5c43)c2)cc1. The summed E-state index contributed by atoms with van der Waals surface area (Å²) in [5, 5.41) is 7.68. The van der Waals surface area contributed by atoms with E-state index in [1.54, 1.807) is 0 Å². The first-order chi connectivity index (χ1) is 19.4. The van der Waals surface area contributed by atoms with Crippen LogP contribution in [0.5, 0.6) is 0 Å². The fraction of sp³-hybridized carbons (Fsp3) is 0. The van der Waals surface area contributed by atoms with Crippen LogP contribution in [0, 0.1) is 0 Å². The lowest BCUT2D eigenvalue weighted by atomic mass is 9.94. The summed E-state index contributed by atoms with van der Waals surface area (Å²) in [6.07, 6.45) is 0. The predicted molar refractivity (Wildman–Crippen MR) is 167 cm³/mol. The highest BCUT2D eigenvalue weighted by Gasteiger charge is 2.17. The van der Waals surface area contributed by atoms with Gasteiger partial charge in [0.1, 0.15) is 0 Å². The highest BCUT2D eigenvalue weighted by atomic mass is 15.0. The van der Waals surface area contributed by atoms with Crippen molar-refractivity contribution in [3.8, 4) is 27.9 Å². The van der Waals surface area contributed by atoms with Gasteiger partial charge in [0, 0.05) is 21.8 Å². The smallest absolute Gasteiger partial charge is 0.0619 e. The molecule has 1 nitrogen and oxygen atoms in total. The van der Waals surface area contributed by atoms with E-state index in [-0.39, 0.29) is 0 Å². The van der Waals surface area contributed by atoms with Gasteiger partial charge in [-0.1, -0.05) is 133 Å². The first-order valence-corrected chi connectivity index (χ1v) is 13.5. The average molecular weight is 496 g/mol. The Morgan fingerprint density at radius 3 is 1.82 bits per heavy atom. The Hall–Kier alpha value is -5.14. The van der Waals surface area contributed by atoms with E-state index < -0.39 is 0 Å². The summed E-state index contributed by atoms with van der Waals surface area (Å²) in [7, 11) is 0. The molecule has 0 saturated carbocycles. The number of benzene rings is 7. The lowest BCUT2D eigenvalue weighted by Gasteiger charge is -2.14. The molecule has 8 aromatic rings. The van der Waals surface area contributed by atoms with Crippen LogP contribution < -0.4 is 0 Å². The molecule has 1 aromatic heterocycles. The lowest BCUT2D eigenvalue weighted by Crippen LogP contribution is -1.95. The van der Waals surface area contributed by atoms with Gasteiger partial charge in [0.15, 0.2) is 0 Å². The number of aromatic nitrogens is 1. The standard InChI is InChI=1S/C38H25N/c1-2-11-26(12-3-1)31-17-8-9-18-32(31)29-15-10-16-30(25-29)39-36-24-22-27-13-4-6-19-33(27)37(36)35-23-21-28-14-5-7-20-34(28)38(35)39/h1-25H. The molecule has 0 atom stereocenters. The molecule has 0 unspecified atom stereocenters. The number of rotatable bonds is 3. The van der Waals surface area contributed by atoms with Crippen molar-refractivity contribution in [3.05, 3.63) is 152 Å². The Morgan fingerprint density at radius 1 is 0.385 bits per heavy atom. The quantitative estimate of drug-likeness (QED) is 0.230. The van der Waals surface area contributed by atoms with Gasteiger partial charge in [-0.25, -0.2) is 0 Å². The maximum atomic E-state index is 2.47. The highest BCUT2D eigenvalue weighted by molar-refractivity contribution is 6.25. The van der Waals surface area contributed by atoms with Crippen LogP contribution >= 0.6 is 0 Å². The molecule has 0 spiro atoms. The van der Waals surface area contributed by atoms with Gasteiger partial charge in [-0.15, -0.1) is 0 Å².